The van der Waals surface area contributed by atoms with Crippen LogP contribution in [0.5, 0.6) is 5.75 Å². The van der Waals surface area contributed by atoms with Crippen LogP contribution in [0.3, 0.4) is 0 Å². The van der Waals surface area contributed by atoms with Gasteiger partial charge < -0.3 is 14.5 Å². The van der Waals surface area contributed by atoms with Crippen LogP contribution in [-0.4, -0.2) is 53.8 Å². The van der Waals surface area contributed by atoms with Gasteiger partial charge in [0.1, 0.15) is 5.75 Å². The van der Waals surface area contributed by atoms with Crippen LogP contribution < -0.4 is 4.74 Å². The summed E-state index contributed by atoms with van der Waals surface area (Å²) in [5.74, 6) is 0.369. The van der Waals surface area contributed by atoms with E-state index in [4.69, 9.17) is 4.74 Å². The number of aromatic nitrogens is 1. The molecule has 0 aliphatic rings. The van der Waals surface area contributed by atoms with Gasteiger partial charge >= 0.3 is 0 Å². The van der Waals surface area contributed by atoms with Gasteiger partial charge in [0.15, 0.2) is 0 Å². The van der Waals surface area contributed by atoms with Crippen molar-refractivity contribution in [2.45, 2.75) is 13.0 Å². The number of rotatable bonds is 10. The van der Waals surface area contributed by atoms with Gasteiger partial charge in [-0.3, -0.25) is 14.6 Å². The Morgan fingerprint density at radius 3 is 2.52 bits per heavy atom. The van der Waals surface area contributed by atoms with Crippen LogP contribution in [0.25, 0.3) is 6.08 Å². The summed E-state index contributed by atoms with van der Waals surface area (Å²) >= 11 is 0. The molecule has 0 aliphatic heterocycles. The van der Waals surface area contributed by atoms with Crippen molar-refractivity contribution in [2.24, 2.45) is 0 Å². The molecule has 170 valence electrons. The smallest absolute Gasteiger partial charge is 0.246 e. The number of hydrogen-bond acceptors (Lipinski definition) is 4. The Bertz CT molecular complexity index is 1070. The maximum atomic E-state index is 13.1. The molecule has 1 aromatic heterocycles. The van der Waals surface area contributed by atoms with Gasteiger partial charge in [-0.2, -0.15) is 0 Å². The molecule has 0 saturated carbocycles. The van der Waals surface area contributed by atoms with E-state index in [1.165, 1.54) is 11.0 Å². The average Bonchev–Trinajstić information content (AvgIpc) is 2.86. The van der Waals surface area contributed by atoms with Gasteiger partial charge in [-0.05, 0) is 41.5 Å². The Morgan fingerprint density at radius 2 is 1.79 bits per heavy atom. The quantitative estimate of drug-likeness (QED) is 0.447. The molecular formula is C27H29N3O3. The van der Waals surface area contributed by atoms with E-state index in [0.717, 1.165) is 22.6 Å². The second-order valence-electron chi connectivity index (χ2n) is 7.68. The topological polar surface area (TPSA) is 62.7 Å². The molecule has 3 rings (SSSR count). The first-order valence-corrected chi connectivity index (χ1v) is 10.8. The van der Waals surface area contributed by atoms with Crippen molar-refractivity contribution in [3.05, 3.63) is 102 Å². The van der Waals surface area contributed by atoms with Crippen LogP contribution in [0.1, 0.15) is 16.8 Å². The number of hydrogen-bond donors (Lipinski definition) is 0. The van der Waals surface area contributed by atoms with Crippen molar-refractivity contribution >= 4 is 17.9 Å². The second kappa shape index (κ2) is 12.2. The highest BCUT2D eigenvalue weighted by molar-refractivity contribution is 5.94. The van der Waals surface area contributed by atoms with Gasteiger partial charge in [-0.25, -0.2) is 0 Å². The zero-order chi connectivity index (χ0) is 23.5. The fourth-order valence-electron chi connectivity index (χ4n) is 3.31. The maximum absolute atomic E-state index is 13.1. The number of pyridine rings is 1. The zero-order valence-corrected chi connectivity index (χ0v) is 19.1. The van der Waals surface area contributed by atoms with Crippen LogP contribution >= 0.6 is 0 Å². The third-order valence-electron chi connectivity index (χ3n) is 5.19. The Balaban J connectivity index is 1.63. The lowest BCUT2D eigenvalue weighted by molar-refractivity contribution is -0.137. The molecule has 0 radical (unpaired) electrons. The van der Waals surface area contributed by atoms with Gasteiger partial charge in [-0.1, -0.05) is 48.5 Å². The van der Waals surface area contributed by atoms with E-state index in [-0.39, 0.29) is 18.4 Å². The van der Waals surface area contributed by atoms with E-state index in [1.807, 2.05) is 72.8 Å². The van der Waals surface area contributed by atoms with Gasteiger partial charge in [0.25, 0.3) is 0 Å². The molecule has 1 heterocycles. The molecule has 0 saturated heterocycles. The highest BCUT2D eigenvalue weighted by Gasteiger charge is 2.18. The molecule has 6 heteroatoms. The number of carbonyl (C=O) groups is 2. The predicted molar refractivity (Wildman–Crippen MR) is 129 cm³/mol. The molecule has 2 aromatic carbocycles. The fourth-order valence-corrected chi connectivity index (χ4v) is 3.31. The highest BCUT2D eigenvalue weighted by atomic mass is 16.5. The lowest BCUT2D eigenvalue weighted by Crippen LogP contribution is -2.41. The average molecular weight is 444 g/mol. The highest BCUT2D eigenvalue weighted by Crippen LogP contribution is 2.14. The number of nitrogens with zero attached hydrogens (tertiary/aromatic N) is 3. The number of carbonyl (C=O) groups excluding carboxylic acids is 2. The van der Waals surface area contributed by atoms with Gasteiger partial charge in [0, 0.05) is 44.5 Å². The molecule has 2 amide bonds. The standard InChI is InChI=1S/C27H29N3O3/c1-29(26(31)15-14-22-11-8-13-25(19-22)33-2)21-27(32)30(20-23-9-4-3-5-10-23)18-16-24-12-6-7-17-28-24/h3-15,17,19H,16,18,20-21H2,1-2H3/b15-14+. The predicted octanol–water partition coefficient (Wildman–Crippen LogP) is 3.83. The largest absolute Gasteiger partial charge is 0.497 e. The molecule has 3 aromatic rings. The number of likely N-dealkylation sites (N-methyl/N-ethyl adjacent to an activating group) is 1. The molecule has 0 atom stereocenters. The summed E-state index contributed by atoms with van der Waals surface area (Å²) in [6.45, 7) is 0.997. The molecule has 0 fully saturated rings. The number of benzene rings is 2. The zero-order valence-electron chi connectivity index (χ0n) is 19.1. The minimum Gasteiger partial charge on any atom is -0.497 e. The minimum atomic E-state index is -0.240. The second-order valence-corrected chi connectivity index (χ2v) is 7.68. The fraction of sp³-hybridized carbons (Fsp3) is 0.222. The first-order chi connectivity index (χ1) is 16.0. The van der Waals surface area contributed by atoms with Crippen LogP contribution in [0.15, 0.2) is 85.1 Å². The molecular weight excluding hydrogens is 414 g/mol. The Hall–Kier alpha value is -3.93. The Kier molecular flexibility index (Phi) is 8.77. The number of methoxy groups -OCH3 is 1. The maximum Gasteiger partial charge on any atom is 0.246 e. The van der Waals surface area contributed by atoms with Gasteiger partial charge in [0.05, 0.1) is 13.7 Å². The summed E-state index contributed by atoms with van der Waals surface area (Å²) < 4.78 is 5.21. The van der Waals surface area contributed by atoms with E-state index in [2.05, 4.69) is 4.98 Å². The van der Waals surface area contributed by atoms with Crippen molar-refractivity contribution in [1.82, 2.24) is 14.8 Å². The third kappa shape index (κ3) is 7.61. The molecule has 0 unspecified atom stereocenters. The van der Waals surface area contributed by atoms with Crippen molar-refractivity contribution in [1.29, 1.82) is 0 Å². The molecule has 33 heavy (non-hydrogen) atoms. The summed E-state index contributed by atoms with van der Waals surface area (Å²) in [6.07, 6.45) is 5.58. The summed E-state index contributed by atoms with van der Waals surface area (Å²) in [5.41, 5.74) is 2.82. The number of ether oxygens (including phenoxy) is 1. The third-order valence-corrected chi connectivity index (χ3v) is 5.19. The molecule has 0 aliphatic carbocycles. The van der Waals surface area contributed by atoms with E-state index in [9.17, 15) is 9.59 Å². The SMILES string of the molecule is COc1cccc(/C=C/C(=O)N(C)CC(=O)N(CCc2ccccn2)Cc2ccccc2)c1. The summed E-state index contributed by atoms with van der Waals surface area (Å²) in [7, 11) is 3.23. The molecule has 6 nitrogen and oxygen atoms in total. The van der Waals surface area contributed by atoms with Gasteiger partial charge in [-0.15, -0.1) is 0 Å². The van der Waals surface area contributed by atoms with E-state index in [0.29, 0.717) is 19.5 Å². The number of amides is 2. The summed E-state index contributed by atoms with van der Waals surface area (Å²) in [5, 5.41) is 0. The van der Waals surface area contributed by atoms with Crippen LogP contribution in [0.4, 0.5) is 0 Å². The van der Waals surface area contributed by atoms with Crippen LogP contribution in [-0.2, 0) is 22.6 Å². The molecule has 0 N–H and O–H groups in total. The lowest BCUT2D eigenvalue weighted by atomic mass is 10.2. The molecule has 0 spiro atoms. The van der Waals surface area contributed by atoms with Crippen molar-refractivity contribution in [3.63, 3.8) is 0 Å². The molecule has 0 bridgehead atoms. The van der Waals surface area contributed by atoms with Gasteiger partial charge in [0.2, 0.25) is 11.8 Å². The minimum absolute atomic E-state index is 0.00363. The summed E-state index contributed by atoms with van der Waals surface area (Å²) in [6, 6.07) is 23.0. The van der Waals surface area contributed by atoms with Crippen LogP contribution in [0.2, 0.25) is 0 Å². The first kappa shape index (κ1) is 23.7. The van der Waals surface area contributed by atoms with E-state index < -0.39 is 0 Å². The van der Waals surface area contributed by atoms with Crippen LogP contribution in [0, 0.1) is 0 Å². The Morgan fingerprint density at radius 1 is 1.00 bits per heavy atom. The van der Waals surface area contributed by atoms with E-state index in [1.54, 1.807) is 31.3 Å². The van der Waals surface area contributed by atoms with Crippen molar-refractivity contribution in [2.75, 3.05) is 27.2 Å². The Labute approximate surface area is 195 Å². The van der Waals surface area contributed by atoms with E-state index >= 15 is 0 Å². The summed E-state index contributed by atoms with van der Waals surface area (Å²) in [4.78, 5) is 33.3. The lowest BCUT2D eigenvalue weighted by Gasteiger charge is -2.25. The monoisotopic (exact) mass is 443 g/mol. The normalized spacial score (nSPS) is 10.7. The van der Waals surface area contributed by atoms with Crippen molar-refractivity contribution < 1.29 is 14.3 Å². The van der Waals surface area contributed by atoms with Crippen molar-refractivity contribution in [3.8, 4) is 5.75 Å². The first-order valence-electron chi connectivity index (χ1n) is 10.8.